The van der Waals surface area contributed by atoms with Crippen molar-refractivity contribution in [1.29, 1.82) is 0 Å². The topological polar surface area (TPSA) is 47.7 Å². The van der Waals surface area contributed by atoms with Crippen molar-refractivity contribution in [3.05, 3.63) is 17.5 Å². The van der Waals surface area contributed by atoms with Crippen LogP contribution in [-0.4, -0.2) is 49.1 Å². The Bertz CT molecular complexity index is 518. The maximum absolute atomic E-state index is 6.03. The predicted molar refractivity (Wildman–Crippen MR) is 86.1 cm³/mol. The third-order valence-corrected chi connectivity index (χ3v) is 5.62. The van der Waals surface area contributed by atoms with E-state index < -0.39 is 0 Å². The molecule has 1 aromatic heterocycles. The lowest BCUT2D eigenvalue weighted by Crippen LogP contribution is -2.40. The number of hydrogen-bond acceptors (Lipinski definition) is 5. The molecule has 0 aromatic carbocycles. The summed E-state index contributed by atoms with van der Waals surface area (Å²) in [6.45, 7) is 7.76. The SMILES string of the molecule is Cc1cc(CN2CCC3(CC2)CO[C@@H](COCC2CC2)C3)no1. The van der Waals surface area contributed by atoms with E-state index in [-0.39, 0.29) is 0 Å². The van der Waals surface area contributed by atoms with Gasteiger partial charge in [0, 0.05) is 19.2 Å². The number of rotatable bonds is 6. The third kappa shape index (κ3) is 3.95. The largest absolute Gasteiger partial charge is 0.378 e. The number of ether oxygens (including phenoxy) is 2. The third-order valence-electron chi connectivity index (χ3n) is 5.62. The van der Waals surface area contributed by atoms with Gasteiger partial charge in [0.1, 0.15) is 5.76 Å². The van der Waals surface area contributed by atoms with Gasteiger partial charge in [0.25, 0.3) is 0 Å². The molecule has 5 nitrogen and oxygen atoms in total. The Morgan fingerprint density at radius 2 is 2.13 bits per heavy atom. The molecule has 3 aliphatic rings. The minimum Gasteiger partial charge on any atom is -0.378 e. The van der Waals surface area contributed by atoms with Crippen LogP contribution in [0.4, 0.5) is 0 Å². The van der Waals surface area contributed by atoms with Crippen LogP contribution < -0.4 is 0 Å². The molecule has 1 spiro atoms. The molecule has 3 fully saturated rings. The Balaban J connectivity index is 1.21. The molecular weight excluding hydrogens is 292 g/mol. The Kier molecular flexibility index (Phi) is 4.43. The first-order valence-corrected chi connectivity index (χ1v) is 9.05. The van der Waals surface area contributed by atoms with E-state index in [0.717, 1.165) is 56.8 Å². The van der Waals surface area contributed by atoms with Crippen molar-refractivity contribution in [1.82, 2.24) is 10.1 Å². The van der Waals surface area contributed by atoms with Gasteiger partial charge in [-0.1, -0.05) is 5.16 Å². The molecule has 1 aromatic rings. The molecule has 23 heavy (non-hydrogen) atoms. The summed E-state index contributed by atoms with van der Waals surface area (Å²) < 4.78 is 17.0. The fourth-order valence-electron chi connectivity index (χ4n) is 3.91. The number of nitrogens with zero attached hydrogens (tertiary/aromatic N) is 2. The van der Waals surface area contributed by atoms with Crippen LogP contribution in [0.3, 0.4) is 0 Å². The number of aryl methyl sites for hydroxylation is 1. The maximum atomic E-state index is 6.03. The maximum Gasteiger partial charge on any atom is 0.133 e. The van der Waals surface area contributed by atoms with Gasteiger partial charge in [-0.3, -0.25) is 4.90 Å². The highest BCUT2D eigenvalue weighted by atomic mass is 16.5. The molecule has 0 bridgehead atoms. The normalized spacial score (nSPS) is 27.8. The molecular formula is C18H28N2O3. The van der Waals surface area contributed by atoms with Gasteiger partial charge in [-0.05, 0) is 63.5 Å². The van der Waals surface area contributed by atoms with Gasteiger partial charge in [0.05, 0.1) is 25.0 Å². The van der Waals surface area contributed by atoms with E-state index in [2.05, 4.69) is 10.1 Å². The molecule has 0 N–H and O–H groups in total. The Morgan fingerprint density at radius 3 is 2.83 bits per heavy atom. The zero-order chi connectivity index (χ0) is 15.7. The van der Waals surface area contributed by atoms with Gasteiger partial charge in [-0.15, -0.1) is 0 Å². The van der Waals surface area contributed by atoms with Crippen LogP contribution in [0.2, 0.25) is 0 Å². The average molecular weight is 320 g/mol. The molecule has 1 aliphatic carbocycles. The van der Waals surface area contributed by atoms with Crippen molar-refractivity contribution in [3.8, 4) is 0 Å². The number of piperidine rings is 1. The molecule has 2 saturated heterocycles. The highest BCUT2D eigenvalue weighted by Gasteiger charge is 2.42. The van der Waals surface area contributed by atoms with Gasteiger partial charge in [-0.25, -0.2) is 0 Å². The lowest BCUT2D eigenvalue weighted by Gasteiger charge is -2.38. The van der Waals surface area contributed by atoms with Crippen LogP contribution in [0.1, 0.15) is 43.6 Å². The van der Waals surface area contributed by atoms with Crippen molar-refractivity contribution in [2.75, 3.05) is 32.9 Å². The van der Waals surface area contributed by atoms with Crippen molar-refractivity contribution < 1.29 is 14.0 Å². The number of hydrogen-bond donors (Lipinski definition) is 0. The van der Waals surface area contributed by atoms with Gasteiger partial charge in [-0.2, -0.15) is 0 Å². The van der Waals surface area contributed by atoms with Gasteiger partial charge in [0.2, 0.25) is 0 Å². The van der Waals surface area contributed by atoms with Gasteiger partial charge in [0.15, 0.2) is 0 Å². The van der Waals surface area contributed by atoms with Crippen LogP contribution in [-0.2, 0) is 16.0 Å². The van der Waals surface area contributed by atoms with E-state index in [0.29, 0.717) is 11.5 Å². The summed E-state index contributed by atoms with van der Waals surface area (Å²) in [6, 6.07) is 2.04. The molecule has 5 heteroatoms. The fourth-order valence-corrected chi connectivity index (χ4v) is 3.91. The summed E-state index contributed by atoms with van der Waals surface area (Å²) in [5.74, 6) is 1.74. The predicted octanol–water partition coefficient (Wildman–Crippen LogP) is 2.78. The molecule has 3 heterocycles. The molecule has 0 amide bonds. The first-order valence-electron chi connectivity index (χ1n) is 9.05. The highest BCUT2D eigenvalue weighted by molar-refractivity contribution is 5.04. The Hall–Kier alpha value is -0.910. The Labute approximate surface area is 138 Å². The van der Waals surface area contributed by atoms with Crippen LogP contribution in [0.5, 0.6) is 0 Å². The van der Waals surface area contributed by atoms with Crippen LogP contribution in [0.15, 0.2) is 10.6 Å². The molecule has 0 radical (unpaired) electrons. The van der Waals surface area contributed by atoms with Crippen LogP contribution in [0, 0.1) is 18.3 Å². The smallest absolute Gasteiger partial charge is 0.133 e. The van der Waals surface area contributed by atoms with E-state index in [1.54, 1.807) is 0 Å². The summed E-state index contributed by atoms with van der Waals surface area (Å²) in [6.07, 6.45) is 6.66. The summed E-state index contributed by atoms with van der Waals surface area (Å²) >= 11 is 0. The van der Waals surface area contributed by atoms with Crippen molar-refractivity contribution in [2.24, 2.45) is 11.3 Å². The molecule has 1 saturated carbocycles. The van der Waals surface area contributed by atoms with Crippen LogP contribution in [0.25, 0.3) is 0 Å². The summed E-state index contributed by atoms with van der Waals surface area (Å²) in [4.78, 5) is 2.49. The first-order chi connectivity index (χ1) is 11.2. The molecule has 1 atom stereocenters. The van der Waals surface area contributed by atoms with Crippen molar-refractivity contribution >= 4 is 0 Å². The van der Waals surface area contributed by atoms with Crippen LogP contribution >= 0.6 is 0 Å². The first kappa shape index (κ1) is 15.6. The minimum absolute atomic E-state index is 0.318. The highest BCUT2D eigenvalue weighted by Crippen LogP contribution is 2.42. The van der Waals surface area contributed by atoms with E-state index in [4.69, 9.17) is 14.0 Å². The fraction of sp³-hybridized carbons (Fsp3) is 0.833. The average Bonchev–Trinajstić information content (AvgIpc) is 3.16. The van der Waals surface area contributed by atoms with Crippen molar-refractivity contribution in [3.63, 3.8) is 0 Å². The van der Waals surface area contributed by atoms with Gasteiger partial charge >= 0.3 is 0 Å². The quantitative estimate of drug-likeness (QED) is 0.806. The lowest BCUT2D eigenvalue weighted by atomic mass is 9.76. The van der Waals surface area contributed by atoms with E-state index in [9.17, 15) is 0 Å². The second-order valence-corrected chi connectivity index (χ2v) is 7.82. The molecule has 2 aliphatic heterocycles. The Morgan fingerprint density at radius 1 is 1.30 bits per heavy atom. The molecule has 0 unspecified atom stereocenters. The number of likely N-dealkylation sites (tertiary alicyclic amines) is 1. The molecule has 128 valence electrons. The minimum atomic E-state index is 0.318. The zero-order valence-electron chi connectivity index (χ0n) is 14.1. The number of aromatic nitrogens is 1. The van der Waals surface area contributed by atoms with Gasteiger partial charge < -0.3 is 14.0 Å². The van der Waals surface area contributed by atoms with E-state index in [1.165, 1.54) is 32.1 Å². The summed E-state index contributed by atoms with van der Waals surface area (Å²) in [7, 11) is 0. The second kappa shape index (κ2) is 6.54. The lowest BCUT2D eigenvalue weighted by molar-refractivity contribution is 0.00913. The monoisotopic (exact) mass is 320 g/mol. The molecule has 4 rings (SSSR count). The van der Waals surface area contributed by atoms with E-state index >= 15 is 0 Å². The standard InChI is InChI=1S/C18H28N2O3/c1-14-8-16(19-23-14)10-20-6-4-18(5-7-20)9-17(22-13-18)12-21-11-15-2-3-15/h8,15,17H,2-7,9-13H2,1H3/t17-/m1/s1. The second-order valence-electron chi connectivity index (χ2n) is 7.82. The van der Waals surface area contributed by atoms with Crippen molar-refractivity contribution in [2.45, 2.75) is 51.7 Å². The zero-order valence-corrected chi connectivity index (χ0v) is 14.1. The summed E-state index contributed by atoms with van der Waals surface area (Å²) in [5, 5.41) is 4.11. The van der Waals surface area contributed by atoms with E-state index in [1.807, 2.05) is 13.0 Å². The summed E-state index contributed by atoms with van der Waals surface area (Å²) in [5.41, 5.74) is 1.44.